The lowest BCUT2D eigenvalue weighted by atomic mass is 9.98. The summed E-state index contributed by atoms with van der Waals surface area (Å²) in [5.41, 5.74) is 3.46. The lowest BCUT2D eigenvalue weighted by Gasteiger charge is -2.34. The van der Waals surface area contributed by atoms with Crippen molar-refractivity contribution in [2.24, 2.45) is 5.92 Å². The number of rotatable bonds is 6. The Labute approximate surface area is 180 Å². The summed E-state index contributed by atoms with van der Waals surface area (Å²) in [6.07, 6.45) is 3.74. The van der Waals surface area contributed by atoms with Crippen LogP contribution in [0.15, 0.2) is 35.2 Å². The maximum absolute atomic E-state index is 13.3. The number of carbonyl (C=O) groups is 1. The first kappa shape index (κ1) is 20.6. The van der Waals surface area contributed by atoms with Gasteiger partial charge in [-0.15, -0.1) is 0 Å². The predicted molar refractivity (Wildman–Crippen MR) is 119 cm³/mol. The van der Waals surface area contributed by atoms with Crippen LogP contribution in [0.2, 0.25) is 0 Å². The molecule has 3 aromatic rings. The van der Waals surface area contributed by atoms with E-state index in [9.17, 15) is 9.90 Å². The van der Waals surface area contributed by atoms with Crippen molar-refractivity contribution in [1.82, 2.24) is 19.9 Å². The Balaban J connectivity index is 1.66. The number of nitrogens with one attached hydrogen (secondary N) is 1. The van der Waals surface area contributed by atoms with Crippen LogP contribution in [0.4, 0.5) is 5.82 Å². The molecule has 0 aliphatic carbocycles. The summed E-state index contributed by atoms with van der Waals surface area (Å²) < 4.78 is 0. The topological polar surface area (TPSA) is 85.3 Å². The van der Waals surface area contributed by atoms with E-state index in [4.69, 9.17) is 4.98 Å². The zero-order valence-corrected chi connectivity index (χ0v) is 18.2. The molecule has 3 aromatic heterocycles. The van der Waals surface area contributed by atoms with Crippen LogP contribution >= 0.6 is 11.3 Å². The van der Waals surface area contributed by atoms with E-state index in [1.165, 1.54) is 0 Å². The van der Waals surface area contributed by atoms with E-state index in [1.54, 1.807) is 29.5 Å². The van der Waals surface area contributed by atoms with Crippen molar-refractivity contribution in [2.75, 3.05) is 31.6 Å². The molecule has 0 radical (unpaired) electrons. The van der Waals surface area contributed by atoms with Gasteiger partial charge in [0.15, 0.2) is 0 Å². The molecule has 7 nitrogen and oxygen atoms in total. The first-order valence-corrected chi connectivity index (χ1v) is 11.1. The number of H-pyrrole nitrogens is 1. The molecule has 0 saturated carbocycles. The lowest BCUT2D eigenvalue weighted by Crippen LogP contribution is -2.39. The van der Waals surface area contributed by atoms with E-state index in [-0.39, 0.29) is 18.4 Å². The predicted octanol–water partition coefficient (Wildman–Crippen LogP) is 3.32. The molecule has 1 aliphatic heterocycles. The van der Waals surface area contributed by atoms with Gasteiger partial charge >= 0.3 is 0 Å². The molecule has 1 atom stereocenters. The Morgan fingerprint density at radius 1 is 1.40 bits per heavy atom. The van der Waals surface area contributed by atoms with Crippen molar-refractivity contribution >= 4 is 23.1 Å². The number of pyridine rings is 1. The summed E-state index contributed by atoms with van der Waals surface area (Å²) in [5.74, 6) is 1.57. The molecular formula is C22H27N5O2S. The van der Waals surface area contributed by atoms with E-state index in [0.29, 0.717) is 24.5 Å². The molecule has 1 unspecified atom stereocenters. The van der Waals surface area contributed by atoms with Gasteiger partial charge in [-0.25, -0.2) is 9.97 Å². The van der Waals surface area contributed by atoms with Crippen LogP contribution in [0.25, 0.3) is 11.3 Å². The molecular weight excluding hydrogens is 398 g/mol. The normalized spacial score (nSPS) is 16.6. The number of aromatic nitrogens is 3. The molecule has 158 valence electrons. The van der Waals surface area contributed by atoms with Crippen LogP contribution in [0.5, 0.6) is 0 Å². The molecule has 1 aliphatic rings. The molecule has 0 aromatic carbocycles. The third kappa shape index (κ3) is 4.39. The monoisotopic (exact) mass is 425 g/mol. The molecule has 4 heterocycles. The molecule has 1 amide bonds. The minimum Gasteiger partial charge on any atom is -0.396 e. The molecule has 0 spiro atoms. The highest BCUT2D eigenvalue weighted by atomic mass is 32.1. The summed E-state index contributed by atoms with van der Waals surface area (Å²) in [6, 6.07) is 5.83. The Kier molecular flexibility index (Phi) is 6.15. The second-order valence-electron chi connectivity index (χ2n) is 7.89. The van der Waals surface area contributed by atoms with Crippen LogP contribution in [-0.4, -0.2) is 57.6 Å². The number of aliphatic hydroxyl groups is 1. The van der Waals surface area contributed by atoms with Crippen LogP contribution in [-0.2, 0) is 6.54 Å². The zero-order valence-electron chi connectivity index (χ0n) is 17.3. The summed E-state index contributed by atoms with van der Waals surface area (Å²) in [4.78, 5) is 29.5. The standard InChI is InChI=1S/C22H27N5O2S/c1-15-10-23-20(24-15)12-26(2)22(29)18-5-6-19(17-7-9-30-14-17)25-21(18)27-8-3-4-16(11-27)13-28/h5-7,9-10,14,16,28H,3-4,8,11-13H2,1-2H3,(H,23,24). The van der Waals surface area contributed by atoms with Crippen molar-refractivity contribution < 1.29 is 9.90 Å². The maximum Gasteiger partial charge on any atom is 0.257 e. The first-order valence-electron chi connectivity index (χ1n) is 10.2. The van der Waals surface area contributed by atoms with Gasteiger partial charge in [-0.05, 0) is 49.3 Å². The van der Waals surface area contributed by atoms with Crippen molar-refractivity contribution in [2.45, 2.75) is 26.3 Å². The van der Waals surface area contributed by atoms with Gasteiger partial charge < -0.3 is 19.9 Å². The second kappa shape index (κ2) is 8.97. The number of hydrogen-bond acceptors (Lipinski definition) is 6. The number of imidazole rings is 1. The number of carbonyl (C=O) groups excluding carboxylic acids is 1. The van der Waals surface area contributed by atoms with E-state index in [2.05, 4.69) is 20.2 Å². The Bertz CT molecular complexity index is 1000. The number of thiophene rings is 1. The average Bonchev–Trinajstić information content (AvgIpc) is 3.45. The van der Waals surface area contributed by atoms with Gasteiger partial charge in [0.25, 0.3) is 5.91 Å². The van der Waals surface area contributed by atoms with Gasteiger partial charge in [0.1, 0.15) is 11.6 Å². The number of aryl methyl sites for hydroxylation is 1. The van der Waals surface area contributed by atoms with Gasteiger partial charge in [-0.2, -0.15) is 11.3 Å². The van der Waals surface area contributed by atoms with E-state index >= 15 is 0 Å². The Hall–Kier alpha value is -2.71. The number of aromatic amines is 1. The minimum atomic E-state index is -0.0884. The van der Waals surface area contributed by atoms with E-state index in [0.717, 1.165) is 42.2 Å². The van der Waals surface area contributed by atoms with Crippen LogP contribution in [0.3, 0.4) is 0 Å². The Morgan fingerprint density at radius 2 is 2.27 bits per heavy atom. The molecule has 4 rings (SSSR count). The van der Waals surface area contributed by atoms with Crippen molar-refractivity contribution in [3.63, 3.8) is 0 Å². The third-order valence-electron chi connectivity index (χ3n) is 5.49. The average molecular weight is 426 g/mol. The van der Waals surface area contributed by atoms with E-state index < -0.39 is 0 Å². The number of amides is 1. The summed E-state index contributed by atoms with van der Waals surface area (Å²) >= 11 is 1.63. The lowest BCUT2D eigenvalue weighted by molar-refractivity contribution is 0.0782. The van der Waals surface area contributed by atoms with Crippen LogP contribution < -0.4 is 4.90 Å². The minimum absolute atomic E-state index is 0.0884. The van der Waals surface area contributed by atoms with Crippen molar-refractivity contribution in [1.29, 1.82) is 0 Å². The van der Waals surface area contributed by atoms with Gasteiger partial charge in [0, 0.05) is 49.6 Å². The van der Waals surface area contributed by atoms with E-state index in [1.807, 2.05) is 30.5 Å². The first-order chi connectivity index (χ1) is 14.5. The van der Waals surface area contributed by atoms with Crippen molar-refractivity contribution in [3.8, 4) is 11.3 Å². The third-order valence-corrected chi connectivity index (χ3v) is 6.17. The highest BCUT2D eigenvalue weighted by molar-refractivity contribution is 7.08. The highest BCUT2D eigenvalue weighted by Crippen LogP contribution is 2.30. The molecule has 8 heteroatoms. The maximum atomic E-state index is 13.3. The SMILES string of the molecule is Cc1cnc(CN(C)C(=O)c2ccc(-c3ccsc3)nc2N2CCCC(CO)C2)[nH]1. The van der Waals surface area contributed by atoms with Gasteiger partial charge in [-0.1, -0.05) is 0 Å². The van der Waals surface area contributed by atoms with Crippen molar-refractivity contribution in [3.05, 3.63) is 52.2 Å². The van der Waals surface area contributed by atoms with Crippen LogP contribution in [0, 0.1) is 12.8 Å². The quantitative estimate of drug-likeness (QED) is 0.633. The number of aliphatic hydroxyl groups excluding tert-OH is 1. The van der Waals surface area contributed by atoms with Gasteiger partial charge in [0.05, 0.1) is 17.8 Å². The number of piperidine rings is 1. The summed E-state index contributed by atoms with van der Waals surface area (Å²) in [6.45, 7) is 4.03. The summed E-state index contributed by atoms with van der Waals surface area (Å²) in [5, 5.41) is 13.7. The Morgan fingerprint density at radius 3 is 2.97 bits per heavy atom. The molecule has 2 N–H and O–H groups in total. The zero-order chi connectivity index (χ0) is 21.1. The molecule has 1 fully saturated rings. The molecule has 0 bridgehead atoms. The van der Waals surface area contributed by atoms with Crippen LogP contribution in [0.1, 0.15) is 34.7 Å². The largest absolute Gasteiger partial charge is 0.396 e. The number of hydrogen-bond donors (Lipinski definition) is 2. The fraction of sp³-hybridized carbons (Fsp3) is 0.409. The van der Waals surface area contributed by atoms with Gasteiger partial charge in [-0.3, -0.25) is 4.79 Å². The molecule has 30 heavy (non-hydrogen) atoms. The molecule has 1 saturated heterocycles. The fourth-order valence-electron chi connectivity index (χ4n) is 3.88. The number of nitrogens with zero attached hydrogens (tertiary/aromatic N) is 4. The fourth-order valence-corrected chi connectivity index (χ4v) is 4.53. The number of anilines is 1. The summed E-state index contributed by atoms with van der Waals surface area (Å²) in [7, 11) is 1.78. The smallest absolute Gasteiger partial charge is 0.257 e. The highest BCUT2D eigenvalue weighted by Gasteiger charge is 2.26. The van der Waals surface area contributed by atoms with Gasteiger partial charge in [0.2, 0.25) is 0 Å². The second-order valence-corrected chi connectivity index (χ2v) is 8.67.